The number of aromatic nitrogens is 4. The van der Waals surface area contributed by atoms with Crippen LogP contribution >= 0.6 is 0 Å². The van der Waals surface area contributed by atoms with Crippen molar-refractivity contribution in [1.82, 2.24) is 19.3 Å². The maximum Gasteiger partial charge on any atom is 0.0951 e. The fourth-order valence-electron chi connectivity index (χ4n) is 1.97. The molecule has 0 aliphatic heterocycles. The molecule has 0 aliphatic rings. The van der Waals surface area contributed by atoms with Crippen molar-refractivity contribution in [3.63, 3.8) is 0 Å². The van der Waals surface area contributed by atoms with E-state index >= 15 is 0 Å². The molecule has 5 nitrogen and oxygen atoms in total. The number of imidazole rings is 1. The smallest absolute Gasteiger partial charge is 0.0951 e. The minimum atomic E-state index is 0.0504. The third-order valence-electron chi connectivity index (χ3n) is 3.02. The van der Waals surface area contributed by atoms with E-state index < -0.39 is 0 Å². The zero-order valence-corrected chi connectivity index (χ0v) is 10.6. The molecule has 0 unspecified atom stereocenters. The van der Waals surface area contributed by atoms with E-state index in [1.54, 1.807) is 0 Å². The summed E-state index contributed by atoms with van der Waals surface area (Å²) in [6.45, 7) is 4.88. The van der Waals surface area contributed by atoms with Crippen LogP contribution < -0.4 is 5.73 Å². The highest BCUT2D eigenvalue weighted by atomic mass is 15.3. The van der Waals surface area contributed by atoms with E-state index in [1.807, 2.05) is 37.4 Å². The number of aryl methyl sites for hydroxylation is 2. The van der Waals surface area contributed by atoms with Crippen LogP contribution in [0.5, 0.6) is 0 Å². The second kappa shape index (κ2) is 4.71. The second-order valence-electron chi connectivity index (χ2n) is 4.37. The first kappa shape index (κ1) is 11.9. The fourth-order valence-corrected chi connectivity index (χ4v) is 1.97. The first-order valence-corrected chi connectivity index (χ1v) is 5.86. The first-order valence-electron chi connectivity index (χ1n) is 5.86. The van der Waals surface area contributed by atoms with Crippen molar-refractivity contribution in [3.05, 3.63) is 35.7 Å². The van der Waals surface area contributed by atoms with E-state index in [-0.39, 0.29) is 6.04 Å². The van der Waals surface area contributed by atoms with E-state index in [4.69, 9.17) is 5.73 Å². The molecule has 0 spiro atoms. The Bertz CT molecular complexity index is 497. The summed E-state index contributed by atoms with van der Waals surface area (Å²) < 4.78 is 3.93. The minimum absolute atomic E-state index is 0.0504. The number of nitrogens with zero attached hydrogens (tertiary/aromatic N) is 4. The second-order valence-corrected chi connectivity index (χ2v) is 4.37. The van der Waals surface area contributed by atoms with Gasteiger partial charge in [-0.2, -0.15) is 5.10 Å². The van der Waals surface area contributed by atoms with Crippen molar-refractivity contribution in [1.29, 1.82) is 0 Å². The van der Waals surface area contributed by atoms with Crippen LogP contribution in [0.2, 0.25) is 0 Å². The molecule has 5 heteroatoms. The van der Waals surface area contributed by atoms with Gasteiger partial charge in [-0.1, -0.05) is 6.92 Å². The van der Waals surface area contributed by atoms with Crippen LogP contribution in [-0.2, 0) is 13.6 Å². The average molecular weight is 233 g/mol. The zero-order valence-electron chi connectivity index (χ0n) is 10.6. The molecule has 0 saturated carbocycles. The van der Waals surface area contributed by atoms with Crippen LogP contribution in [0.15, 0.2) is 18.7 Å². The Kier molecular flexibility index (Phi) is 3.28. The van der Waals surface area contributed by atoms with Crippen LogP contribution in [0.25, 0.3) is 0 Å². The van der Waals surface area contributed by atoms with Crippen molar-refractivity contribution in [2.45, 2.75) is 32.9 Å². The summed E-state index contributed by atoms with van der Waals surface area (Å²) in [6.07, 6.45) is 6.63. The summed E-state index contributed by atoms with van der Waals surface area (Å²) in [5, 5.41) is 4.34. The van der Waals surface area contributed by atoms with Crippen molar-refractivity contribution in [2.75, 3.05) is 0 Å². The van der Waals surface area contributed by atoms with Gasteiger partial charge in [0, 0.05) is 31.0 Å². The summed E-state index contributed by atoms with van der Waals surface area (Å²) in [5.74, 6) is 0. The molecule has 1 atom stereocenters. The fraction of sp³-hybridized carbons (Fsp3) is 0.500. The molecule has 0 amide bonds. The van der Waals surface area contributed by atoms with Gasteiger partial charge < -0.3 is 10.3 Å². The number of nitrogens with two attached hydrogens (primary N) is 1. The molecule has 0 aliphatic carbocycles. The van der Waals surface area contributed by atoms with E-state index in [9.17, 15) is 0 Å². The van der Waals surface area contributed by atoms with Crippen LogP contribution in [0, 0.1) is 6.92 Å². The van der Waals surface area contributed by atoms with Gasteiger partial charge in [0.15, 0.2) is 0 Å². The largest absolute Gasteiger partial charge is 0.329 e. The Morgan fingerprint density at radius 1 is 1.47 bits per heavy atom. The van der Waals surface area contributed by atoms with E-state index in [0.717, 1.165) is 24.4 Å². The van der Waals surface area contributed by atoms with Crippen LogP contribution in [-0.4, -0.2) is 19.3 Å². The van der Waals surface area contributed by atoms with Gasteiger partial charge in [0.25, 0.3) is 0 Å². The number of hydrogen-bond donors (Lipinski definition) is 1. The first-order chi connectivity index (χ1) is 8.11. The van der Waals surface area contributed by atoms with Gasteiger partial charge in [-0.3, -0.25) is 4.68 Å². The molecule has 0 fully saturated rings. The van der Waals surface area contributed by atoms with Gasteiger partial charge in [0.05, 0.1) is 24.3 Å². The van der Waals surface area contributed by atoms with Crippen molar-refractivity contribution in [2.24, 2.45) is 12.8 Å². The minimum Gasteiger partial charge on any atom is -0.329 e. The molecule has 2 heterocycles. The predicted molar refractivity (Wildman–Crippen MR) is 66.5 cm³/mol. The van der Waals surface area contributed by atoms with Gasteiger partial charge in [-0.05, 0) is 13.3 Å². The molecule has 92 valence electrons. The van der Waals surface area contributed by atoms with Gasteiger partial charge >= 0.3 is 0 Å². The molecule has 0 bridgehead atoms. The highest BCUT2D eigenvalue weighted by Crippen LogP contribution is 2.15. The summed E-state index contributed by atoms with van der Waals surface area (Å²) in [6, 6.07) is 0.0504. The lowest BCUT2D eigenvalue weighted by Gasteiger charge is -2.12. The maximum atomic E-state index is 6.05. The summed E-state index contributed by atoms with van der Waals surface area (Å²) in [7, 11) is 1.93. The molecule has 0 aromatic carbocycles. The Labute approximate surface area is 101 Å². The molecule has 2 aromatic rings. The van der Waals surface area contributed by atoms with Gasteiger partial charge in [0.2, 0.25) is 0 Å². The lowest BCUT2D eigenvalue weighted by molar-refractivity contribution is 0.617. The van der Waals surface area contributed by atoms with Crippen LogP contribution in [0.3, 0.4) is 0 Å². The third-order valence-corrected chi connectivity index (χ3v) is 3.02. The quantitative estimate of drug-likeness (QED) is 0.868. The monoisotopic (exact) mass is 233 g/mol. The average Bonchev–Trinajstić information content (AvgIpc) is 2.86. The van der Waals surface area contributed by atoms with E-state index in [2.05, 4.69) is 21.6 Å². The Hall–Kier alpha value is -1.62. The number of rotatable bonds is 4. The lowest BCUT2D eigenvalue weighted by atomic mass is 10.2. The van der Waals surface area contributed by atoms with Crippen molar-refractivity contribution >= 4 is 0 Å². The van der Waals surface area contributed by atoms with E-state index in [0.29, 0.717) is 0 Å². The van der Waals surface area contributed by atoms with Gasteiger partial charge in [0.1, 0.15) is 0 Å². The highest BCUT2D eigenvalue weighted by Gasteiger charge is 2.11. The van der Waals surface area contributed by atoms with Gasteiger partial charge in [-0.25, -0.2) is 4.98 Å². The predicted octanol–water partition coefficient (Wildman–Crippen LogP) is 1.38. The Morgan fingerprint density at radius 2 is 2.24 bits per heavy atom. The Morgan fingerprint density at radius 3 is 2.82 bits per heavy atom. The normalized spacial score (nSPS) is 12.9. The van der Waals surface area contributed by atoms with Crippen molar-refractivity contribution < 1.29 is 0 Å². The van der Waals surface area contributed by atoms with E-state index in [1.165, 1.54) is 5.56 Å². The van der Waals surface area contributed by atoms with Gasteiger partial charge in [-0.15, -0.1) is 0 Å². The molecule has 17 heavy (non-hydrogen) atoms. The molecule has 2 rings (SSSR count). The topological polar surface area (TPSA) is 61.7 Å². The summed E-state index contributed by atoms with van der Waals surface area (Å²) in [4.78, 5) is 4.18. The SMILES string of the molecule is CC[C@@H](N)c1cncn1Cc1cn(C)nc1C. The van der Waals surface area contributed by atoms with Crippen LogP contribution in [0.4, 0.5) is 0 Å². The molecular formula is C12H19N5. The zero-order chi connectivity index (χ0) is 12.4. The molecule has 0 radical (unpaired) electrons. The van der Waals surface area contributed by atoms with Crippen molar-refractivity contribution in [3.8, 4) is 0 Å². The number of hydrogen-bond acceptors (Lipinski definition) is 3. The standard InChI is InChI=1S/C12H19N5/c1-4-11(13)12-5-14-8-17(12)7-10-6-16(3)15-9(10)2/h5-6,8,11H,4,7,13H2,1-3H3/t11-/m1/s1. The highest BCUT2D eigenvalue weighted by molar-refractivity contribution is 5.17. The molecule has 0 saturated heterocycles. The molecular weight excluding hydrogens is 214 g/mol. The molecule has 2 aromatic heterocycles. The summed E-state index contributed by atoms with van der Waals surface area (Å²) in [5.41, 5.74) is 9.39. The lowest BCUT2D eigenvalue weighted by Crippen LogP contribution is -2.14. The maximum absolute atomic E-state index is 6.05. The molecule has 2 N–H and O–H groups in total. The Balaban J connectivity index is 2.24. The third kappa shape index (κ3) is 2.39. The van der Waals surface area contributed by atoms with Crippen LogP contribution in [0.1, 0.15) is 36.3 Å². The summed E-state index contributed by atoms with van der Waals surface area (Å²) >= 11 is 0.